The summed E-state index contributed by atoms with van der Waals surface area (Å²) >= 11 is 0. The van der Waals surface area contributed by atoms with Gasteiger partial charge in [-0.1, -0.05) is 0 Å². The molecule has 2 rings (SSSR count). The Hall–Kier alpha value is -1.82. The van der Waals surface area contributed by atoms with E-state index < -0.39 is 12.5 Å². The van der Waals surface area contributed by atoms with Crippen molar-refractivity contribution >= 4 is 17.1 Å². The van der Waals surface area contributed by atoms with Crippen molar-refractivity contribution in [3.05, 3.63) is 18.9 Å². The van der Waals surface area contributed by atoms with E-state index in [4.69, 9.17) is 5.11 Å². The molecule has 0 aliphatic heterocycles. The number of aliphatic hydroxyl groups excluding tert-OH is 1. The van der Waals surface area contributed by atoms with Gasteiger partial charge < -0.3 is 5.11 Å². The lowest BCUT2D eigenvalue weighted by Crippen LogP contribution is -2.13. The zero-order valence-corrected chi connectivity index (χ0v) is 6.58. The van der Waals surface area contributed by atoms with Crippen LogP contribution in [0.4, 0.5) is 0 Å². The molecule has 0 unspecified atom stereocenters. The first-order chi connectivity index (χ1) is 6.33. The predicted octanol–water partition coefficient (Wildman–Crippen LogP) is -0.541. The Kier molecular flexibility index (Phi) is 1.75. The van der Waals surface area contributed by atoms with Gasteiger partial charge in [0.05, 0.1) is 6.20 Å². The zero-order chi connectivity index (χ0) is 9.26. The molecule has 6 nitrogen and oxygen atoms in total. The maximum absolute atomic E-state index is 11.1. The van der Waals surface area contributed by atoms with Gasteiger partial charge in [-0.2, -0.15) is 0 Å². The fourth-order valence-corrected chi connectivity index (χ4v) is 1.03. The number of nitrogens with zero attached hydrogens (tertiary/aromatic N) is 4. The summed E-state index contributed by atoms with van der Waals surface area (Å²) in [5.41, 5.74) is 0.943. The minimum Gasteiger partial charge on any atom is -0.387 e. The lowest BCUT2D eigenvalue weighted by atomic mass is 10.5. The second-order valence-corrected chi connectivity index (χ2v) is 2.40. The maximum Gasteiger partial charge on any atom is 0.259 e. The average Bonchev–Trinajstić information content (AvgIpc) is 2.60. The van der Waals surface area contributed by atoms with Crippen LogP contribution in [0.1, 0.15) is 4.79 Å². The molecule has 2 heterocycles. The summed E-state index contributed by atoms with van der Waals surface area (Å²) in [6.07, 6.45) is 4.15. The predicted molar refractivity (Wildman–Crippen MR) is 43.0 cm³/mol. The number of fused-ring (bicyclic) bond motifs is 1. The Balaban J connectivity index is 2.64. The van der Waals surface area contributed by atoms with Crippen LogP contribution in [0.3, 0.4) is 0 Å². The van der Waals surface area contributed by atoms with Crippen LogP contribution in [0.5, 0.6) is 0 Å². The van der Waals surface area contributed by atoms with Gasteiger partial charge in [-0.3, -0.25) is 9.36 Å². The molecule has 0 fully saturated rings. The Bertz CT molecular complexity index is 450. The van der Waals surface area contributed by atoms with Gasteiger partial charge in [0.15, 0.2) is 5.65 Å². The molecule has 0 radical (unpaired) electrons. The van der Waals surface area contributed by atoms with Gasteiger partial charge in [0.2, 0.25) is 0 Å². The van der Waals surface area contributed by atoms with Crippen molar-refractivity contribution < 1.29 is 9.90 Å². The summed E-state index contributed by atoms with van der Waals surface area (Å²) in [6.45, 7) is -0.560. The summed E-state index contributed by atoms with van der Waals surface area (Å²) in [6, 6.07) is 0. The highest BCUT2D eigenvalue weighted by Crippen LogP contribution is 2.06. The number of aromatic nitrogens is 4. The van der Waals surface area contributed by atoms with Crippen molar-refractivity contribution in [1.29, 1.82) is 0 Å². The van der Waals surface area contributed by atoms with Crippen LogP contribution < -0.4 is 0 Å². The molecule has 66 valence electrons. The van der Waals surface area contributed by atoms with Crippen LogP contribution >= 0.6 is 0 Å². The molecule has 0 saturated carbocycles. The molecule has 0 atom stereocenters. The molecule has 0 spiro atoms. The highest BCUT2D eigenvalue weighted by Gasteiger charge is 2.08. The number of aliphatic hydroxyl groups is 1. The number of hydrogen-bond acceptors (Lipinski definition) is 5. The Morgan fingerprint density at radius 1 is 1.54 bits per heavy atom. The molecule has 0 aliphatic rings. The Labute approximate surface area is 72.9 Å². The first-order valence-electron chi connectivity index (χ1n) is 3.60. The average molecular weight is 178 g/mol. The quantitative estimate of drug-likeness (QED) is 0.634. The number of imidazole rings is 1. The van der Waals surface area contributed by atoms with Crippen LogP contribution in [0, 0.1) is 0 Å². The maximum atomic E-state index is 11.1. The number of rotatable bonds is 1. The molecular weight excluding hydrogens is 172 g/mol. The molecule has 6 heteroatoms. The molecule has 0 amide bonds. The van der Waals surface area contributed by atoms with Crippen molar-refractivity contribution in [3.63, 3.8) is 0 Å². The van der Waals surface area contributed by atoms with Crippen molar-refractivity contribution in [1.82, 2.24) is 19.5 Å². The first-order valence-corrected chi connectivity index (χ1v) is 3.60. The third-order valence-electron chi connectivity index (χ3n) is 1.62. The topological polar surface area (TPSA) is 80.9 Å². The normalized spacial score (nSPS) is 10.5. The molecule has 1 N–H and O–H groups in total. The van der Waals surface area contributed by atoms with E-state index in [1.807, 2.05) is 0 Å². The van der Waals surface area contributed by atoms with Gasteiger partial charge in [-0.25, -0.2) is 15.0 Å². The van der Waals surface area contributed by atoms with Gasteiger partial charge in [0.25, 0.3) is 5.91 Å². The summed E-state index contributed by atoms with van der Waals surface area (Å²) < 4.78 is 1.19. The SMILES string of the molecule is O=C(CO)n1cnc2cncnc21. The minimum atomic E-state index is -0.560. The van der Waals surface area contributed by atoms with E-state index in [0.717, 1.165) is 0 Å². The van der Waals surface area contributed by atoms with Gasteiger partial charge >= 0.3 is 0 Å². The molecule has 0 aromatic carbocycles. The highest BCUT2D eigenvalue weighted by atomic mass is 16.3. The van der Waals surface area contributed by atoms with Crippen molar-refractivity contribution in [2.45, 2.75) is 0 Å². The number of carbonyl (C=O) groups excluding carboxylic acids is 1. The van der Waals surface area contributed by atoms with Crippen LogP contribution in [-0.2, 0) is 0 Å². The summed E-state index contributed by atoms with van der Waals surface area (Å²) in [5, 5.41) is 8.62. The number of hydrogen-bond donors (Lipinski definition) is 1. The highest BCUT2D eigenvalue weighted by molar-refractivity contribution is 5.88. The van der Waals surface area contributed by atoms with Crippen molar-refractivity contribution in [2.75, 3.05) is 6.61 Å². The van der Waals surface area contributed by atoms with E-state index >= 15 is 0 Å². The van der Waals surface area contributed by atoms with Crippen molar-refractivity contribution in [2.24, 2.45) is 0 Å². The lowest BCUT2D eigenvalue weighted by molar-refractivity contribution is 0.0823. The van der Waals surface area contributed by atoms with Crippen LogP contribution in [0.2, 0.25) is 0 Å². The molecule has 2 aromatic rings. The fourth-order valence-electron chi connectivity index (χ4n) is 1.03. The molecule has 2 aromatic heterocycles. The van der Waals surface area contributed by atoms with Crippen molar-refractivity contribution in [3.8, 4) is 0 Å². The van der Waals surface area contributed by atoms with E-state index in [9.17, 15) is 4.79 Å². The van der Waals surface area contributed by atoms with Crippen LogP contribution in [0.25, 0.3) is 11.2 Å². The van der Waals surface area contributed by atoms with E-state index in [1.54, 1.807) is 0 Å². The standard InChI is InChI=1S/C7H6N4O2/c12-2-6(13)11-4-10-5-1-8-3-9-7(5)11/h1,3-4,12H,2H2. The summed E-state index contributed by atoms with van der Waals surface area (Å²) in [7, 11) is 0. The monoisotopic (exact) mass is 178 g/mol. The third-order valence-corrected chi connectivity index (χ3v) is 1.62. The molecule has 0 saturated heterocycles. The van der Waals surface area contributed by atoms with Crippen LogP contribution in [-0.4, -0.2) is 37.1 Å². The van der Waals surface area contributed by atoms with Gasteiger partial charge in [0.1, 0.15) is 24.8 Å². The molecular formula is C7H6N4O2. The van der Waals surface area contributed by atoms with Gasteiger partial charge in [-0.05, 0) is 0 Å². The Morgan fingerprint density at radius 2 is 2.38 bits per heavy atom. The van der Waals surface area contributed by atoms with E-state index in [-0.39, 0.29) is 0 Å². The largest absolute Gasteiger partial charge is 0.387 e. The fraction of sp³-hybridized carbons (Fsp3) is 0.143. The summed E-state index contributed by atoms with van der Waals surface area (Å²) in [5.74, 6) is -0.457. The smallest absolute Gasteiger partial charge is 0.259 e. The van der Waals surface area contributed by atoms with E-state index in [0.29, 0.717) is 11.2 Å². The van der Waals surface area contributed by atoms with Crippen LogP contribution in [0.15, 0.2) is 18.9 Å². The van der Waals surface area contributed by atoms with Gasteiger partial charge in [-0.15, -0.1) is 0 Å². The first kappa shape index (κ1) is 7.81. The zero-order valence-electron chi connectivity index (χ0n) is 6.58. The summed E-state index contributed by atoms with van der Waals surface area (Å²) in [4.78, 5) is 22.6. The Morgan fingerprint density at radius 3 is 3.15 bits per heavy atom. The second-order valence-electron chi connectivity index (χ2n) is 2.40. The van der Waals surface area contributed by atoms with E-state index in [2.05, 4.69) is 15.0 Å². The third kappa shape index (κ3) is 1.17. The lowest BCUT2D eigenvalue weighted by Gasteiger charge is -1.96. The number of carbonyl (C=O) groups is 1. The molecule has 13 heavy (non-hydrogen) atoms. The second kappa shape index (κ2) is 2.91. The van der Waals surface area contributed by atoms with E-state index in [1.165, 1.54) is 23.4 Å². The minimum absolute atomic E-state index is 0.411. The molecule has 0 aliphatic carbocycles. The van der Waals surface area contributed by atoms with Gasteiger partial charge in [0, 0.05) is 0 Å². The molecule has 0 bridgehead atoms.